The first-order valence-electron chi connectivity index (χ1n) is 6.33. The molecule has 2 heteroatoms. The van der Waals surface area contributed by atoms with Gasteiger partial charge in [0, 0.05) is 11.4 Å². The number of rotatable bonds is 4. The van der Waals surface area contributed by atoms with Crippen LogP contribution in [0.5, 0.6) is 0 Å². The highest BCUT2D eigenvalue weighted by molar-refractivity contribution is 5.78. The van der Waals surface area contributed by atoms with E-state index in [9.17, 15) is 0 Å². The van der Waals surface area contributed by atoms with Gasteiger partial charge in [0.15, 0.2) is 0 Å². The highest BCUT2D eigenvalue weighted by Crippen LogP contribution is 2.23. The van der Waals surface area contributed by atoms with E-state index in [2.05, 4.69) is 37.0 Å². The van der Waals surface area contributed by atoms with Crippen molar-refractivity contribution in [2.45, 2.75) is 32.7 Å². The minimum atomic E-state index is 0.0413. The van der Waals surface area contributed by atoms with Gasteiger partial charge in [-0.25, -0.2) is 0 Å². The maximum atomic E-state index is 6.25. The normalized spacial score (nSPS) is 14.8. The summed E-state index contributed by atoms with van der Waals surface area (Å²) in [4.78, 5) is 4.65. The van der Waals surface area contributed by atoms with Gasteiger partial charge in [-0.1, -0.05) is 44.5 Å². The minimum absolute atomic E-state index is 0.0413. The molecule has 0 amide bonds. The molecule has 1 aromatic carbocycles. The molecule has 1 aromatic heterocycles. The third-order valence-electron chi connectivity index (χ3n) is 3.32. The van der Waals surface area contributed by atoms with E-state index in [1.54, 1.807) is 0 Å². The summed E-state index contributed by atoms with van der Waals surface area (Å²) in [5.74, 6) is 0.480. The summed E-state index contributed by atoms with van der Waals surface area (Å²) in [6.07, 6.45) is 2.32. The van der Waals surface area contributed by atoms with E-state index in [1.165, 1.54) is 11.8 Å². The number of hydrogen-bond donors (Lipinski definition) is 1. The van der Waals surface area contributed by atoms with Crippen LogP contribution in [0.4, 0.5) is 0 Å². The first-order valence-corrected chi connectivity index (χ1v) is 6.33. The molecule has 90 valence electrons. The van der Waals surface area contributed by atoms with Crippen molar-refractivity contribution in [3.05, 3.63) is 42.1 Å². The lowest BCUT2D eigenvalue weighted by molar-refractivity contribution is 0.427. The average Bonchev–Trinajstić information content (AvgIpc) is 2.37. The lowest BCUT2D eigenvalue weighted by atomic mass is 9.94. The molecule has 2 atom stereocenters. The van der Waals surface area contributed by atoms with Crippen LogP contribution >= 0.6 is 0 Å². The largest absolute Gasteiger partial charge is 0.322 e. The molecule has 1 heterocycles. The zero-order valence-corrected chi connectivity index (χ0v) is 10.6. The predicted molar refractivity (Wildman–Crippen MR) is 72.7 cm³/mol. The molecule has 0 bridgehead atoms. The second-order valence-electron chi connectivity index (χ2n) is 4.72. The van der Waals surface area contributed by atoms with Crippen LogP contribution in [0.3, 0.4) is 0 Å². The Bertz CT molecular complexity index is 493. The fourth-order valence-electron chi connectivity index (χ4n) is 2.19. The Balaban J connectivity index is 2.29. The van der Waals surface area contributed by atoms with E-state index in [-0.39, 0.29) is 6.04 Å². The molecule has 2 unspecified atom stereocenters. The van der Waals surface area contributed by atoms with Gasteiger partial charge in [0.25, 0.3) is 0 Å². The summed E-state index contributed by atoms with van der Waals surface area (Å²) in [5, 5.41) is 1.17. The lowest BCUT2D eigenvalue weighted by Crippen LogP contribution is -2.20. The molecule has 2 rings (SSSR count). The Morgan fingerprint density at radius 3 is 2.71 bits per heavy atom. The van der Waals surface area contributed by atoms with Gasteiger partial charge in [-0.05, 0) is 24.5 Å². The number of nitrogens with two attached hydrogens (primary N) is 1. The smallest absolute Gasteiger partial charge is 0.0706 e. The maximum Gasteiger partial charge on any atom is 0.0706 e. The number of pyridine rings is 1. The molecule has 17 heavy (non-hydrogen) atoms. The Labute approximate surface area is 103 Å². The monoisotopic (exact) mass is 228 g/mol. The third kappa shape index (κ3) is 2.64. The zero-order chi connectivity index (χ0) is 12.3. The highest BCUT2D eigenvalue weighted by Gasteiger charge is 2.15. The zero-order valence-electron chi connectivity index (χ0n) is 10.6. The molecule has 0 fully saturated rings. The van der Waals surface area contributed by atoms with Crippen LogP contribution in [-0.2, 0) is 0 Å². The Kier molecular flexibility index (Phi) is 3.75. The van der Waals surface area contributed by atoms with E-state index >= 15 is 0 Å². The van der Waals surface area contributed by atoms with Crippen LogP contribution in [0.1, 0.15) is 38.4 Å². The second-order valence-corrected chi connectivity index (χ2v) is 4.72. The molecule has 0 aliphatic rings. The SMILES string of the molecule is CCCC(C)C(N)c1ccc2ccccc2n1. The van der Waals surface area contributed by atoms with E-state index in [1.807, 2.05) is 18.2 Å². The van der Waals surface area contributed by atoms with Crippen LogP contribution < -0.4 is 5.73 Å². The quantitative estimate of drug-likeness (QED) is 0.867. The van der Waals surface area contributed by atoms with Crippen molar-refractivity contribution in [2.75, 3.05) is 0 Å². The number of benzene rings is 1. The van der Waals surface area contributed by atoms with Gasteiger partial charge in [0.2, 0.25) is 0 Å². The number of aromatic nitrogens is 1. The lowest BCUT2D eigenvalue weighted by Gasteiger charge is -2.19. The van der Waals surface area contributed by atoms with Gasteiger partial charge in [-0.3, -0.25) is 4.98 Å². The van der Waals surface area contributed by atoms with Crippen molar-refractivity contribution in [3.8, 4) is 0 Å². The van der Waals surface area contributed by atoms with Crippen LogP contribution in [0.2, 0.25) is 0 Å². The summed E-state index contributed by atoms with van der Waals surface area (Å²) in [6, 6.07) is 12.4. The van der Waals surface area contributed by atoms with Gasteiger partial charge in [-0.2, -0.15) is 0 Å². The predicted octanol–water partition coefficient (Wildman–Crippen LogP) is 3.67. The molecule has 0 aliphatic carbocycles. The van der Waals surface area contributed by atoms with Crippen molar-refractivity contribution in [2.24, 2.45) is 11.7 Å². The second kappa shape index (κ2) is 5.28. The molecule has 2 N–H and O–H groups in total. The Hall–Kier alpha value is -1.41. The van der Waals surface area contributed by atoms with Crippen molar-refractivity contribution in [1.29, 1.82) is 0 Å². The molecule has 2 nitrogen and oxygen atoms in total. The van der Waals surface area contributed by atoms with Gasteiger partial charge in [0.1, 0.15) is 0 Å². The Morgan fingerprint density at radius 1 is 1.18 bits per heavy atom. The van der Waals surface area contributed by atoms with Crippen molar-refractivity contribution >= 4 is 10.9 Å². The van der Waals surface area contributed by atoms with Crippen LogP contribution in [0, 0.1) is 5.92 Å². The molecule has 0 saturated carbocycles. The van der Waals surface area contributed by atoms with E-state index in [0.717, 1.165) is 17.6 Å². The fraction of sp³-hybridized carbons (Fsp3) is 0.400. The van der Waals surface area contributed by atoms with Gasteiger partial charge in [0.05, 0.1) is 11.2 Å². The van der Waals surface area contributed by atoms with Crippen molar-refractivity contribution < 1.29 is 0 Å². The number of nitrogens with zero attached hydrogens (tertiary/aromatic N) is 1. The highest BCUT2D eigenvalue weighted by atomic mass is 14.8. The fourth-order valence-corrected chi connectivity index (χ4v) is 2.19. The summed E-state index contributed by atoms with van der Waals surface area (Å²) in [5.41, 5.74) is 8.29. The van der Waals surface area contributed by atoms with Gasteiger partial charge in [-0.15, -0.1) is 0 Å². The number of fused-ring (bicyclic) bond motifs is 1. The first kappa shape index (κ1) is 12.1. The minimum Gasteiger partial charge on any atom is -0.322 e. The molecule has 0 aliphatic heterocycles. The first-order chi connectivity index (χ1) is 8.22. The maximum absolute atomic E-state index is 6.25. The number of para-hydroxylation sites is 1. The summed E-state index contributed by atoms with van der Waals surface area (Å²) in [6.45, 7) is 4.39. The summed E-state index contributed by atoms with van der Waals surface area (Å²) >= 11 is 0. The topological polar surface area (TPSA) is 38.9 Å². The third-order valence-corrected chi connectivity index (χ3v) is 3.32. The van der Waals surface area contributed by atoms with Gasteiger partial charge >= 0.3 is 0 Å². The average molecular weight is 228 g/mol. The summed E-state index contributed by atoms with van der Waals surface area (Å²) in [7, 11) is 0. The molecule has 0 saturated heterocycles. The van der Waals surface area contributed by atoms with E-state index in [0.29, 0.717) is 5.92 Å². The van der Waals surface area contributed by atoms with Crippen LogP contribution in [0.25, 0.3) is 10.9 Å². The Morgan fingerprint density at radius 2 is 1.94 bits per heavy atom. The molecular weight excluding hydrogens is 208 g/mol. The molecule has 0 spiro atoms. The molecule has 2 aromatic rings. The van der Waals surface area contributed by atoms with E-state index < -0.39 is 0 Å². The molecular formula is C15H20N2. The molecule has 0 radical (unpaired) electrons. The standard InChI is InChI=1S/C15H20N2/c1-3-6-11(2)15(16)14-10-9-12-7-4-5-8-13(12)17-14/h4-5,7-11,15H,3,6,16H2,1-2H3. The van der Waals surface area contributed by atoms with Crippen LogP contribution in [-0.4, -0.2) is 4.98 Å². The van der Waals surface area contributed by atoms with Crippen molar-refractivity contribution in [1.82, 2.24) is 4.98 Å². The summed E-state index contributed by atoms with van der Waals surface area (Å²) < 4.78 is 0. The van der Waals surface area contributed by atoms with Crippen LogP contribution in [0.15, 0.2) is 36.4 Å². The van der Waals surface area contributed by atoms with Gasteiger partial charge < -0.3 is 5.73 Å². The van der Waals surface area contributed by atoms with E-state index in [4.69, 9.17) is 5.73 Å². The number of hydrogen-bond acceptors (Lipinski definition) is 2. The van der Waals surface area contributed by atoms with Crippen molar-refractivity contribution in [3.63, 3.8) is 0 Å².